The van der Waals surface area contributed by atoms with Crippen LogP contribution in [-0.4, -0.2) is 26.2 Å². The zero-order valence-electron chi connectivity index (χ0n) is 17.4. The number of carboxylic acids is 1. The SMILES string of the molecule is O=C(O)c1cccc(N2C(=O)/C(=C\c3ccc(OCc4ccc([N+](=O)[O-])cc4)cc3)SC2=S)c1. The number of hydrogen-bond donors (Lipinski definition) is 1. The number of thiocarbonyl (C=S) groups is 1. The first-order chi connectivity index (χ1) is 16.3. The highest BCUT2D eigenvalue weighted by molar-refractivity contribution is 8.27. The van der Waals surface area contributed by atoms with Crippen molar-refractivity contribution in [1.82, 2.24) is 0 Å². The molecule has 1 aliphatic heterocycles. The van der Waals surface area contributed by atoms with Crippen LogP contribution in [0.2, 0.25) is 0 Å². The summed E-state index contributed by atoms with van der Waals surface area (Å²) in [5.74, 6) is -0.803. The molecule has 1 amide bonds. The minimum Gasteiger partial charge on any atom is -0.489 e. The molecule has 0 aliphatic carbocycles. The van der Waals surface area contributed by atoms with E-state index in [-0.39, 0.29) is 23.8 Å². The summed E-state index contributed by atoms with van der Waals surface area (Å²) in [6, 6.07) is 19.3. The lowest BCUT2D eigenvalue weighted by Crippen LogP contribution is -2.27. The molecule has 10 heteroatoms. The van der Waals surface area contributed by atoms with Crippen molar-refractivity contribution in [3.63, 3.8) is 0 Å². The van der Waals surface area contributed by atoms with E-state index in [2.05, 4.69) is 0 Å². The molecule has 1 aliphatic rings. The average Bonchev–Trinajstić information content (AvgIpc) is 3.11. The fourth-order valence-electron chi connectivity index (χ4n) is 3.16. The average molecular weight is 493 g/mol. The Hall–Kier alpha value is -4.02. The number of ether oxygens (including phenoxy) is 1. The van der Waals surface area contributed by atoms with E-state index < -0.39 is 10.9 Å². The number of nitro groups is 1. The number of thioether (sulfide) groups is 1. The molecule has 8 nitrogen and oxygen atoms in total. The van der Waals surface area contributed by atoms with Crippen LogP contribution in [0, 0.1) is 10.1 Å². The predicted molar refractivity (Wildman–Crippen MR) is 133 cm³/mol. The van der Waals surface area contributed by atoms with Gasteiger partial charge in [-0.3, -0.25) is 19.8 Å². The van der Waals surface area contributed by atoms with E-state index in [1.165, 1.54) is 29.2 Å². The van der Waals surface area contributed by atoms with E-state index in [4.69, 9.17) is 17.0 Å². The summed E-state index contributed by atoms with van der Waals surface area (Å²) in [4.78, 5) is 36.2. The first kappa shape index (κ1) is 23.1. The van der Waals surface area contributed by atoms with Gasteiger partial charge in [0.05, 0.1) is 21.1 Å². The zero-order chi connectivity index (χ0) is 24.2. The quantitative estimate of drug-likeness (QED) is 0.205. The number of nitrogens with zero attached hydrogens (tertiary/aromatic N) is 2. The minimum atomic E-state index is -1.08. The first-order valence-electron chi connectivity index (χ1n) is 9.89. The van der Waals surface area contributed by atoms with E-state index >= 15 is 0 Å². The van der Waals surface area contributed by atoms with Gasteiger partial charge in [0.15, 0.2) is 4.32 Å². The smallest absolute Gasteiger partial charge is 0.335 e. The third kappa shape index (κ3) is 5.13. The zero-order valence-corrected chi connectivity index (χ0v) is 19.0. The molecule has 1 fully saturated rings. The number of carboxylic acid groups (broad SMARTS) is 1. The van der Waals surface area contributed by atoms with E-state index in [0.717, 1.165) is 22.9 Å². The molecule has 0 radical (unpaired) electrons. The summed E-state index contributed by atoms with van der Waals surface area (Å²) in [7, 11) is 0. The highest BCUT2D eigenvalue weighted by Gasteiger charge is 2.33. The Labute approximate surface area is 203 Å². The molecule has 1 saturated heterocycles. The van der Waals surface area contributed by atoms with E-state index in [1.807, 2.05) is 0 Å². The monoisotopic (exact) mass is 492 g/mol. The maximum Gasteiger partial charge on any atom is 0.335 e. The molecule has 0 atom stereocenters. The van der Waals surface area contributed by atoms with Crippen LogP contribution in [0.25, 0.3) is 6.08 Å². The molecule has 1 heterocycles. The number of nitro benzene ring substituents is 1. The number of carbonyl (C=O) groups excluding carboxylic acids is 1. The Morgan fingerprint density at radius 2 is 1.82 bits per heavy atom. The van der Waals surface area contributed by atoms with Crippen LogP contribution in [0.3, 0.4) is 0 Å². The second-order valence-electron chi connectivity index (χ2n) is 7.15. The molecule has 0 saturated carbocycles. The molecule has 34 heavy (non-hydrogen) atoms. The summed E-state index contributed by atoms with van der Waals surface area (Å²) in [6.45, 7) is 0.255. The summed E-state index contributed by atoms with van der Waals surface area (Å²) in [6.07, 6.45) is 1.71. The van der Waals surface area contributed by atoms with Crippen LogP contribution in [0.4, 0.5) is 11.4 Å². The van der Waals surface area contributed by atoms with E-state index in [9.17, 15) is 24.8 Å². The van der Waals surface area contributed by atoms with E-state index in [0.29, 0.717) is 20.7 Å². The number of amides is 1. The standard InChI is InChI=1S/C24H16N2O6S2/c27-22-21(34-24(33)25(22)19-3-1-2-17(13-19)23(28)29)12-15-6-10-20(11-7-15)32-14-16-4-8-18(9-5-16)26(30)31/h1-13H,14H2,(H,28,29)/b21-12+. The Morgan fingerprint density at radius 3 is 2.47 bits per heavy atom. The van der Waals surface area contributed by atoms with Crippen molar-refractivity contribution < 1.29 is 24.4 Å². The molecular weight excluding hydrogens is 476 g/mol. The maximum atomic E-state index is 12.9. The molecule has 0 aromatic heterocycles. The molecule has 0 unspecified atom stereocenters. The first-order valence-corrected chi connectivity index (χ1v) is 11.1. The fourth-order valence-corrected chi connectivity index (χ4v) is 4.46. The van der Waals surface area contributed by atoms with Crippen LogP contribution >= 0.6 is 24.0 Å². The molecule has 1 N–H and O–H groups in total. The van der Waals surface area contributed by atoms with Crippen LogP contribution < -0.4 is 9.64 Å². The molecule has 3 aromatic rings. The van der Waals surface area contributed by atoms with Crippen molar-refractivity contribution in [2.24, 2.45) is 0 Å². The van der Waals surface area contributed by atoms with Crippen LogP contribution in [0.15, 0.2) is 77.7 Å². The van der Waals surface area contributed by atoms with Gasteiger partial charge >= 0.3 is 5.97 Å². The van der Waals surface area contributed by atoms with Gasteiger partial charge in [-0.25, -0.2) is 4.79 Å². The largest absolute Gasteiger partial charge is 0.489 e. The Balaban J connectivity index is 1.43. The summed E-state index contributed by atoms with van der Waals surface area (Å²) < 4.78 is 6.04. The number of anilines is 1. The van der Waals surface area contributed by atoms with Crippen molar-refractivity contribution in [3.05, 3.63) is 105 Å². The normalized spacial score (nSPS) is 14.5. The lowest BCUT2D eigenvalue weighted by molar-refractivity contribution is -0.384. The van der Waals surface area contributed by atoms with Gasteiger partial charge in [0.2, 0.25) is 0 Å². The Kier molecular flexibility index (Phi) is 6.71. The van der Waals surface area contributed by atoms with Crippen molar-refractivity contribution >= 4 is 57.6 Å². The number of hydrogen-bond acceptors (Lipinski definition) is 7. The van der Waals surface area contributed by atoms with Gasteiger partial charge in [-0.15, -0.1) is 0 Å². The van der Waals surface area contributed by atoms with Crippen molar-refractivity contribution in [1.29, 1.82) is 0 Å². The van der Waals surface area contributed by atoms with E-state index in [1.54, 1.807) is 54.6 Å². The Bertz CT molecular complexity index is 1320. The topological polar surface area (TPSA) is 110 Å². The van der Waals surface area contributed by atoms with Gasteiger partial charge in [0.1, 0.15) is 12.4 Å². The summed E-state index contributed by atoms with van der Waals surface area (Å²) >= 11 is 6.49. The number of aromatic carboxylic acids is 1. The fraction of sp³-hybridized carbons (Fsp3) is 0.0417. The van der Waals surface area contributed by atoms with Crippen molar-refractivity contribution in [3.8, 4) is 5.75 Å². The molecular formula is C24H16N2O6S2. The van der Waals surface area contributed by atoms with Gasteiger partial charge in [0, 0.05) is 12.1 Å². The van der Waals surface area contributed by atoms with Gasteiger partial charge in [-0.2, -0.15) is 0 Å². The predicted octanol–water partition coefficient (Wildman–Crippen LogP) is 5.28. The molecule has 3 aromatic carbocycles. The summed E-state index contributed by atoms with van der Waals surface area (Å²) in [5.41, 5.74) is 2.06. The van der Waals surface area contributed by atoms with Crippen molar-refractivity contribution in [2.75, 3.05) is 4.90 Å². The minimum absolute atomic E-state index is 0.0214. The second kappa shape index (κ2) is 9.86. The number of non-ortho nitro benzene ring substituents is 1. The maximum absolute atomic E-state index is 12.9. The highest BCUT2D eigenvalue weighted by Crippen LogP contribution is 2.36. The van der Waals surface area contributed by atoms with Crippen LogP contribution in [0.5, 0.6) is 5.75 Å². The number of benzene rings is 3. The number of carbonyl (C=O) groups is 2. The molecule has 4 rings (SSSR count). The highest BCUT2D eigenvalue weighted by atomic mass is 32.2. The molecule has 0 bridgehead atoms. The van der Waals surface area contributed by atoms with Crippen molar-refractivity contribution in [2.45, 2.75) is 6.61 Å². The van der Waals surface area contributed by atoms with Crippen LogP contribution in [0.1, 0.15) is 21.5 Å². The number of rotatable bonds is 7. The van der Waals surface area contributed by atoms with Crippen LogP contribution in [-0.2, 0) is 11.4 Å². The molecule has 170 valence electrons. The van der Waals surface area contributed by atoms with Gasteiger partial charge in [-0.1, -0.05) is 42.2 Å². The lowest BCUT2D eigenvalue weighted by Gasteiger charge is -2.14. The molecule has 0 spiro atoms. The van der Waals surface area contributed by atoms with Gasteiger partial charge in [0.25, 0.3) is 11.6 Å². The second-order valence-corrected chi connectivity index (χ2v) is 8.83. The lowest BCUT2D eigenvalue weighted by atomic mass is 10.1. The van der Waals surface area contributed by atoms with Gasteiger partial charge in [-0.05, 0) is 59.7 Å². The Morgan fingerprint density at radius 1 is 1.12 bits per heavy atom. The summed E-state index contributed by atoms with van der Waals surface area (Å²) in [5, 5.41) is 19.9. The third-order valence-electron chi connectivity index (χ3n) is 4.88. The third-order valence-corrected chi connectivity index (χ3v) is 6.18. The van der Waals surface area contributed by atoms with Gasteiger partial charge < -0.3 is 9.84 Å².